The molecule has 4 heteroatoms. The molecule has 1 N–H and O–H groups in total. The van der Waals surface area contributed by atoms with Gasteiger partial charge < -0.3 is 5.32 Å². The molecule has 0 spiro atoms. The Balaban J connectivity index is 2.60. The van der Waals surface area contributed by atoms with Crippen LogP contribution in [0.2, 0.25) is 0 Å². The van der Waals surface area contributed by atoms with Crippen LogP contribution in [0.3, 0.4) is 0 Å². The van der Waals surface area contributed by atoms with Crippen LogP contribution in [-0.2, 0) is 0 Å². The average molecular weight is 340 g/mol. The maximum absolute atomic E-state index is 14.3. The molecule has 0 aromatic heterocycles. The molecule has 0 aliphatic rings. The maximum Gasteiger partial charge on any atom is 0.145 e. The van der Waals surface area contributed by atoms with Crippen LogP contribution in [0.4, 0.5) is 8.78 Å². The fraction of sp³-hybridized carbons (Fsp3) is 0.250. The van der Waals surface area contributed by atoms with Gasteiger partial charge in [-0.1, -0.05) is 25.1 Å². The molecule has 20 heavy (non-hydrogen) atoms. The topological polar surface area (TPSA) is 12.0 Å². The Morgan fingerprint density at radius 3 is 2.60 bits per heavy atom. The van der Waals surface area contributed by atoms with Crippen molar-refractivity contribution in [1.82, 2.24) is 5.32 Å². The Morgan fingerprint density at radius 2 is 1.90 bits per heavy atom. The number of rotatable bonds is 4. The molecule has 1 nitrogen and oxygen atoms in total. The first kappa shape index (κ1) is 15.1. The third-order valence-corrected chi connectivity index (χ3v) is 3.85. The number of benzene rings is 2. The van der Waals surface area contributed by atoms with Crippen molar-refractivity contribution in [3.63, 3.8) is 0 Å². The van der Waals surface area contributed by atoms with Crippen molar-refractivity contribution in [3.05, 3.63) is 58.1 Å². The van der Waals surface area contributed by atoms with E-state index < -0.39 is 0 Å². The van der Waals surface area contributed by atoms with E-state index in [1.807, 2.05) is 13.8 Å². The van der Waals surface area contributed by atoms with E-state index in [1.54, 1.807) is 24.3 Å². The van der Waals surface area contributed by atoms with Gasteiger partial charge in [-0.25, -0.2) is 8.78 Å². The van der Waals surface area contributed by atoms with Crippen molar-refractivity contribution in [2.75, 3.05) is 6.54 Å². The zero-order valence-electron chi connectivity index (χ0n) is 11.4. The highest BCUT2D eigenvalue weighted by Gasteiger charge is 2.16. The molecule has 0 fully saturated rings. The second-order valence-electron chi connectivity index (χ2n) is 4.61. The molecule has 0 saturated heterocycles. The van der Waals surface area contributed by atoms with Crippen LogP contribution in [0.1, 0.15) is 25.5 Å². The lowest BCUT2D eigenvalue weighted by Gasteiger charge is -2.18. The van der Waals surface area contributed by atoms with Gasteiger partial charge in [0.05, 0.1) is 4.47 Å². The molecular weight excluding hydrogens is 324 g/mol. The summed E-state index contributed by atoms with van der Waals surface area (Å²) in [6.07, 6.45) is 0. The maximum atomic E-state index is 14.3. The number of nitrogens with one attached hydrogen (secondary N) is 1. The lowest BCUT2D eigenvalue weighted by atomic mass is 9.95. The standard InChI is InChI=1S/C16H16BrF2N/c1-3-20-10(2)12-8-7-11(18)9-14(12)13-5-4-6-15(17)16(13)19/h4-10,20H,3H2,1-2H3. The molecule has 0 amide bonds. The lowest BCUT2D eigenvalue weighted by molar-refractivity contribution is 0.591. The third kappa shape index (κ3) is 3.07. The molecular formula is C16H16BrF2N. The third-order valence-electron chi connectivity index (χ3n) is 3.23. The van der Waals surface area contributed by atoms with Gasteiger partial charge in [-0.15, -0.1) is 0 Å². The predicted molar refractivity (Wildman–Crippen MR) is 81.6 cm³/mol. The van der Waals surface area contributed by atoms with Gasteiger partial charge in [0.15, 0.2) is 0 Å². The molecule has 2 aromatic rings. The summed E-state index contributed by atoms with van der Waals surface area (Å²) < 4.78 is 28.2. The van der Waals surface area contributed by atoms with Crippen LogP contribution >= 0.6 is 15.9 Å². The van der Waals surface area contributed by atoms with Crippen LogP contribution in [0.5, 0.6) is 0 Å². The van der Waals surface area contributed by atoms with Gasteiger partial charge in [-0.3, -0.25) is 0 Å². The number of hydrogen-bond acceptors (Lipinski definition) is 1. The Kier molecular flexibility index (Phi) is 4.89. The second kappa shape index (κ2) is 6.46. The van der Waals surface area contributed by atoms with Crippen molar-refractivity contribution in [3.8, 4) is 11.1 Å². The highest BCUT2D eigenvalue weighted by molar-refractivity contribution is 9.10. The van der Waals surface area contributed by atoms with Gasteiger partial charge in [-0.05, 0) is 58.7 Å². The quantitative estimate of drug-likeness (QED) is 0.820. The van der Waals surface area contributed by atoms with Crippen LogP contribution in [0.25, 0.3) is 11.1 Å². The fourth-order valence-corrected chi connectivity index (χ4v) is 2.63. The first-order valence-electron chi connectivity index (χ1n) is 6.51. The predicted octanol–water partition coefficient (Wildman–Crippen LogP) is 5.06. The van der Waals surface area contributed by atoms with Crippen LogP contribution in [0, 0.1) is 11.6 Å². The minimum Gasteiger partial charge on any atom is -0.310 e. The van der Waals surface area contributed by atoms with E-state index in [0.717, 1.165) is 12.1 Å². The molecule has 0 radical (unpaired) electrons. The van der Waals surface area contributed by atoms with Crippen LogP contribution in [0.15, 0.2) is 40.9 Å². The highest BCUT2D eigenvalue weighted by atomic mass is 79.9. The van der Waals surface area contributed by atoms with Gasteiger partial charge in [0, 0.05) is 11.6 Å². The molecule has 0 bridgehead atoms. The van der Waals surface area contributed by atoms with Crippen molar-refractivity contribution in [2.45, 2.75) is 19.9 Å². The van der Waals surface area contributed by atoms with E-state index in [4.69, 9.17) is 0 Å². The largest absolute Gasteiger partial charge is 0.310 e. The summed E-state index contributed by atoms with van der Waals surface area (Å²) in [4.78, 5) is 0. The van der Waals surface area contributed by atoms with Crippen LogP contribution in [-0.4, -0.2) is 6.54 Å². The Hall–Kier alpha value is -1.26. The van der Waals surface area contributed by atoms with Gasteiger partial charge in [-0.2, -0.15) is 0 Å². The Labute approximate surface area is 126 Å². The summed E-state index contributed by atoms with van der Waals surface area (Å²) in [5.74, 6) is -0.741. The van der Waals surface area contributed by atoms with Crippen molar-refractivity contribution in [1.29, 1.82) is 0 Å². The zero-order chi connectivity index (χ0) is 14.7. The highest BCUT2D eigenvalue weighted by Crippen LogP contribution is 2.33. The van der Waals surface area contributed by atoms with E-state index in [-0.39, 0.29) is 17.7 Å². The normalized spacial score (nSPS) is 12.4. The van der Waals surface area contributed by atoms with E-state index >= 15 is 0 Å². The van der Waals surface area contributed by atoms with Gasteiger partial charge >= 0.3 is 0 Å². The zero-order valence-corrected chi connectivity index (χ0v) is 13.0. The van der Waals surface area contributed by atoms with E-state index in [9.17, 15) is 8.78 Å². The Bertz CT molecular complexity index is 613. The van der Waals surface area contributed by atoms with Gasteiger partial charge in [0.1, 0.15) is 11.6 Å². The van der Waals surface area contributed by atoms with Gasteiger partial charge in [0.2, 0.25) is 0 Å². The summed E-state index contributed by atoms with van der Waals surface area (Å²) in [5, 5.41) is 3.27. The molecule has 106 valence electrons. The van der Waals surface area contributed by atoms with Gasteiger partial charge in [0.25, 0.3) is 0 Å². The van der Waals surface area contributed by atoms with Crippen molar-refractivity contribution in [2.24, 2.45) is 0 Å². The number of halogens is 3. The van der Waals surface area contributed by atoms with E-state index in [2.05, 4.69) is 21.2 Å². The molecule has 1 atom stereocenters. The molecule has 0 aliphatic heterocycles. The average Bonchev–Trinajstić information content (AvgIpc) is 2.42. The smallest absolute Gasteiger partial charge is 0.145 e. The molecule has 1 unspecified atom stereocenters. The summed E-state index contributed by atoms with van der Waals surface area (Å²) in [5.41, 5.74) is 1.86. The van der Waals surface area contributed by atoms with Crippen LogP contribution < -0.4 is 5.32 Å². The van der Waals surface area contributed by atoms with E-state index in [0.29, 0.717) is 15.6 Å². The summed E-state index contributed by atoms with van der Waals surface area (Å²) in [6, 6.07) is 9.56. The minimum atomic E-state index is -0.372. The number of hydrogen-bond donors (Lipinski definition) is 1. The Morgan fingerprint density at radius 1 is 1.15 bits per heavy atom. The molecule has 0 saturated carbocycles. The first-order valence-corrected chi connectivity index (χ1v) is 7.31. The van der Waals surface area contributed by atoms with Crippen molar-refractivity contribution >= 4 is 15.9 Å². The summed E-state index contributed by atoms with van der Waals surface area (Å²) in [6.45, 7) is 4.77. The summed E-state index contributed by atoms with van der Waals surface area (Å²) >= 11 is 3.17. The second-order valence-corrected chi connectivity index (χ2v) is 5.47. The van der Waals surface area contributed by atoms with E-state index in [1.165, 1.54) is 12.1 Å². The summed E-state index contributed by atoms with van der Waals surface area (Å²) in [7, 11) is 0. The lowest BCUT2D eigenvalue weighted by Crippen LogP contribution is -2.18. The molecule has 0 heterocycles. The SMILES string of the molecule is CCNC(C)c1ccc(F)cc1-c1cccc(Br)c1F. The molecule has 0 aliphatic carbocycles. The first-order chi connectivity index (χ1) is 9.54. The molecule has 2 rings (SSSR count). The van der Waals surface area contributed by atoms with Crippen molar-refractivity contribution < 1.29 is 8.78 Å². The molecule has 2 aromatic carbocycles. The minimum absolute atomic E-state index is 0.0222. The fourth-order valence-electron chi connectivity index (χ4n) is 2.27. The monoisotopic (exact) mass is 339 g/mol.